The molecule has 0 bridgehead atoms. The molecule has 0 aliphatic rings. The number of primary amides is 1. The molecule has 1 aromatic carbocycles. The van der Waals surface area contributed by atoms with E-state index in [1.54, 1.807) is 26.8 Å². The molecule has 0 aliphatic carbocycles. The van der Waals surface area contributed by atoms with E-state index >= 15 is 0 Å². The Bertz CT molecular complexity index is 514. The fourth-order valence-electron chi connectivity index (χ4n) is 1.49. The molecule has 4 N–H and O–H groups in total. The molecule has 21 heavy (non-hydrogen) atoms. The lowest BCUT2D eigenvalue weighted by atomic mass is 10.2. The fraction of sp³-hybridized carbons (Fsp3) is 0.429. The van der Waals surface area contributed by atoms with Crippen LogP contribution >= 0.6 is 0 Å². The topological polar surface area (TPSA) is 93.4 Å². The average molecular weight is 297 g/mol. The van der Waals surface area contributed by atoms with Crippen LogP contribution in [-0.4, -0.2) is 30.2 Å². The van der Waals surface area contributed by atoms with E-state index in [-0.39, 0.29) is 12.2 Å². The highest BCUT2D eigenvalue weighted by molar-refractivity contribution is 5.84. The number of halogens is 1. The van der Waals surface area contributed by atoms with Crippen LogP contribution in [0, 0.1) is 5.82 Å². The van der Waals surface area contributed by atoms with Crippen molar-refractivity contribution < 1.29 is 18.7 Å². The first-order chi connectivity index (χ1) is 9.69. The second-order valence-electron chi connectivity index (χ2n) is 5.46. The summed E-state index contributed by atoms with van der Waals surface area (Å²) < 4.78 is 18.5. The van der Waals surface area contributed by atoms with Gasteiger partial charge in [-0.05, 0) is 32.9 Å². The predicted octanol–water partition coefficient (Wildman–Crippen LogP) is 1.62. The molecule has 1 atom stereocenters. The van der Waals surface area contributed by atoms with E-state index in [1.165, 1.54) is 18.2 Å². The van der Waals surface area contributed by atoms with Crippen molar-refractivity contribution in [3.8, 4) is 0 Å². The summed E-state index contributed by atoms with van der Waals surface area (Å²) in [5, 5.41) is 5.06. The van der Waals surface area contributed by atoms with Crippen LogP contribution in [0.4, 0.5) is 14.9 Å². The number of carbonyl (C=O) groups excluding carboxylic acids is 2. The van der Waals surface area contributed by atoms with Crippen molar-refractivity contribution in [2.24, 2.45) is 5.73 Å². The van der Waals surface area contributed by atoms with E-state index in [2.05, 4.69) is 10.6 Å². The maximum Gasteiger partial charge on any atom is 0.407 e. The van der Waals surface area contributed by atoms with E-state index in [9.17, 15) is 14.0 Å². The smallest absolute Gasteiger partial charge is 0.407 e. The summed E-state index contributed by atoms with van der Waals surface area (Å²) in [6.07, 6.45) is -0.677. The normalized spacial score (nSPS) is 12.4. The molecule has 2 amide bonds. The number of benzene rings is 1. The number of rotatable bonds is 5. The van der Waals surface area contributed by atoms with Gasteiger partial charge in [0, 0.05) is 0 Å². The molecule has 6 nitrogen and oxygen atoms in total. The number of anilines is 1. The van der Waals surface area contributed by atoms with Gasteiger partial charge in [-0.3, -0.25) is 4.79 Å². The summed E-state index contributed by atoms with van der Waals surface area (Å²) in [6.45, 7) is 5.04. The molecule has 0 spiro atoms. The van der Waals surface area contributed by atoms with Crippen LogP contribution in [0.25, 0.3) is 0 Å². The summed E-state index contributed by atoms with van der Waals surface area (Å²) in [5.41, 5.74) is 4.72. The van der Waals surface area contributed by atoms with Crippen LogP contribution in [0.2, 0.25) is 0 Å². The molecule has 0 saturated heterocycles. The van der Waals surface area contributed by atoms with Gasteiger partial charge in [0.2, 0.25) is 5.91 Å². The first-order valence-corrected chi connectivity index (χ1v) is 6.46. The molecule has 1 aromatic rings. The lowest BCUT2D eigenvalue weighted by Crippen LogP contribution is -2.46. The molecule has 0 fully saturated rings. The highest BCUT2D eigenvalue weighted by Crippen LogP contribution is 2.13. The summed E-state index contributed by atoms with van der Waals surface area (Å²) in [6, 6.07) is 4.92. The Balaban J connectivity index is 2.61. The van der Waals surface area contributed by atoms with Gasteiger partial charge in [-0.1, -0.05) is 12.1 Å². The Hall–Kier alpha value is -2.31. The molecule has 0 radical (unpaired) electrons. The monoisotopic (exact) mass is 297 g/mol. The van der Waals surface area contributed by atoms with E-state index in [1.807, 2.05) is 0 Å². The van der Waals surface area contributed by atoms with Crippen molar-refractivity contribution in [2.75, 3.05) is 11.9 Å². The molecule has 0 saturated carbocycles. The van der Waals surface area contributed by atoms with Gasteiger partial charge >= 0.3 is 6.09 Å². The number of amides is 2. The second-order valence-corrected chi connectivity index (χ2v) is 5.46. The maximum absolute atomic E-state index is 13.5. The summed E-state index contributed by atoms with van der Waals surface area (Å²) >= 11 is 0. The minimum atomic E-state index is -0.950. The second kappa shape index (κ2) is 6.92. The van der Waals surface area contributed by atoms with Gasteiger partial charge in [0.25, 0.3) is 0 Å². The van der Waals surface area contributed by atoms with Crippen LogP contribution in [-0.2, 0) is 9.53 Å². The van der Waals surface area contributed by atoms with Crippen molar-refractivity contribution in [1.82, 2.24) is 5.32 Å². The standard InChI is InChI=1S/C14H20FN3O3/c1-14(2,3)21-13(20)17-8-11(12(16)19)18-10-7-5-4-6-9(10)15/h4-7,11,18H,8H2,1-3H3,(H2,16,19)(H,17,20). The molecule has 0 aromatic heterocycles. The largest absolute Gasteiger partial charge is 0.444 e. The van der Waals surface area contributed by atoms with E-state index in [0.717, 1.165) is 0 Å². The van der Waals surface area contributed by atoms with Gasteiger partial charge in [0.15, 0.2) is 0 Å². The van der Waals surface area contributed by atoms with Crippen LogP contribution < -0.4 is 16.4 Å². The number of carbonyl (C=O) groups is 2. The average Bonchev–Trinajstić information content (AvgIpc) is 2.34. The summed E-state index contributed by atoms with van der Waals surface area (Å²) in [7, 11) is 0. The van der Waals surface area contributed by atoms with Crippen LogP contribution in [0.15, 0.2) is 24.3 Å². The minimum Gasteiger partial charge on any atom is -0.444 e. The predicted molar refractivity (Wildman–Crippen MR) is 77.2 cm³/mol. The minimum absolute atomic E-state index is 0.113. The Labute approximate surface area is 122 Å². The van der Waals surface area contributed by atoms with Crippen LogP contribution in [0.3, 0.4) is 0 Å². The molecular formula is C14H20FN3O3. The Morgan fingerprint density at radius 2 is 1.95 bits per heavy atom. The zero-order valence-corrected chi connectivity index (χ0v) is 12.3. The number of alkyl carbamates (subject to hydrolysis) is 1. The van der Waals surface area contributed by atoms with E-state index in [0.29, 0.717) is 0 Å². The van der Waals surface area contributed by atoms with Gasteiger partial charge < -0.3 is 21.1 Å². The van der Waals surface area contributed by atoms with Gasteiger partial charge in [-0.2, -0.15) is 0 Å². The van der Waals surface area contributed by atoms with Crippen molar-refractivity contribution in [3.63, 3.8) is 0 Å². The number of nitrogens with two attached hydrogens (primary N) is 1. The van der Waals surface area contributed by atoms with Crippen molar-refractivity contribution >= 4 is 17.7 Å². The van der Waals surface area contributed by atoms with Crippen molar-refractivity contribution in [1.29, 1.82) is 0 Å². The number of para-hydroxylation sites is 1. The Morgan fingerprint density at radius 1 is 1.33 bits per heavy atom. The highest BCUT2D eigenvalue weighted by atomic mass is 19.1. The van der Waals surface area contributed by atoms with Gasteiger partial charge in [0.1, 0.15) is 17.5 Å². The van der Waals surface area contributed by atoms with E-state index < -0.39 is 29.5 Å². The number of hydrogen-bond acceptors (Lipinski definition) is 4. The number of nitrogens with one attached hydrogen (secondary N) is 2. The summed E-state index contributed by atoms with van der Waals surface area (Å²) in [4.78, 5) is 22.9. The first-order valence-electron chi connectivity index (χ1n) is 6.46. The number of hydrogen-bond donors (Lipinski definition) is 3. The first kappa shape index (κ1) is 16.7. The molecule has 1 unspecified atom stereocenters. The quantitative estimate of drug-likeness (QED) is 0.770. The van der Waals surface area contributed by atoms with Gasteiger partial charge in [-0.15, -0.1) is 0 Å². The number of ether oxygens (including phenoxy) is 1. The maximum atomic E-state index is 13.5. The Kier molecular flexibility index (Phi) is 5.52. The van der Waals surface area contributed by atoms with Gasteiger partial charge in [-0.25, -0.2) is 9.18 Å². The third kappa shape index (κ3) is 6.11. The molecular weight excluding hydrogens is 277 g/mol. The molecule has 0 heterocycles. The zero-order chi connectivity index (χ0) is 16.0. The van der Waals surface area contributed by atoms with Gasteiger partial charge in [0.05, 0.1) is 12.2 Å². The SMILES string of the molecule is CC(C)(C)OC(=O)NCC(Nc1ccccc1F)C(N)=O. The molecule has 116 valence electrons. The molecule has 7 heteroatoms. The Morgan fingerprint density at radius 3 is 2.48 bits per heavy atom. The third-order valence-corrected chi connectivity index (χ3v) is 2.40. The van der Waals surface area contributed by atoms with Crippen LogP contribution in [0.5, 0.6) is 0 Å². The summed E-state index contributed by atoms with van der Waals surface area (Å²) in [5.74, 6) is -1.23. The molecule has 1 rings (SSSR count). The lowest BCUT2D eigenvalue weighted by Gasteiger charge is -2.22. The van der Waals surface area contributed by atoms with Crippen molar-refractivity contribution in [3.05, 3.63) is 30.1 Å². The zero-order valence-electron chi connectivity index (χ0n) is 12.3. The van der Waals surface area contributed by atoms with Crippen LogP contribution in [0.1, 0.15) is 20.8 Å². The highest BCUT2D eigenvalue weighted by Gasteiger charge is 2.20. The van der Waals surface area contributed by atoms with Crippen molar-refractivity contribution in [2.45, 2.75) is 32.4 Å². The third-order valence-electron chi connectivity index (χ3n) is 2.40. The van der Waals surface area contributed by atoms with E-state index in [4.69, 9.17) is 10.5 Å². The fourth-order valence-corrected chi connectivity index (χ4v) is 1.49. The molecule has 0 aliphatic heterocycles. The lowest BCUT2D eigenvalue weighted by molar-refractivity contribution is -0.118.